The molecule has 1 aliphatic rings. The van der Waals surface area contributed by atoms with Gasteiger partial charge in [0.2, 0.25) is 6.40 Å². The summed E-state index contributed by atoms with van der Waals surface area (Å²) in [6.07, 6.45) is 2.30. The second-order valence-electron chi connectivity index (χ2n) is 3.08. The van der Waals surface area contributed by atoms with Gasteiger partial charge in [0, 0.05) is 12.0 Å². The first-order chi connectivity index (χ1) is 6.81. The summed E-state index contributed by atoms with van der Waals surface area (Å²) in [6.45, 7) is 0. The summed E-state index contributed by atoms with van der Waals surface area (Å²) < 4.78 is 4.93. The topological polar surface area (TPSA) is 58.9 Å². The van der Waals surface area contributed by atoms with Crippen molar-refractivity contribution in [3.63, 3.8) is 0 Å². The van der Waals surface area contributed by atoms with Crippen LogP contribution in [0.4, 0.5) is 0 Å². The highest BCUT2D eigenvalue weighted by molar-refractivity contribution is 6.00. The summed E-state index contributed by atoms with van der Waals surface area (Å²) in [5.74, 6) is 0.656. The van der Waals surface area contributed by atoms with Crippen LogP contribution in [0.2, 0.25) is 0 Å². The lowest BCUT2D eigenvalue weighted by Gasteiger charge is -2.01. The number of fused-ring (bicyclic) bond motifs is 1. The van der Waals surface area contributed by atoms with Gasteiger partial charge in [-0.25, -0.2) is 0 Å². The first-order valence-corrected chi connectivity index (χ1v) is 4.30. The van der Waals surface area contributed by atoms with Gasteiger partial charge < -0.3 is 9.94 Å². The van der Waals surface area contributed by atoms with Crippen molar-refractivity contribution in [3.8, 4) is 5.75 Å². The number of hydrogen-bond acceptors (Lipinski definition) is 4. The summed E-state index contributed by atoms with van der Waals surface area (Å²) >= 11 is 0. The SMILES string of the molecule is O=C1CCc2ccc(O/C=N/O)cc21. The van der Waals surface area contributed by atoms with E-state index < -0.39 is 0 Å². The molecule has 0 bridgehead atoms. The molecule has 1 N–H and O–H groups in total. The fraction of sp³-hybridized carbons (Fsp3) is 0.200. The lowest BCUT2D eigenvalue weighted by molar-refractivity contribution is 0.0994. The molecule has 2 rings (SSSR count). The van der Waals surface area contributed by atoms with Gasteiger partial charge in [0.25, 0.3) is 0 Å². The number of ketones is 1. The van der Waals surface area contributed by atoms with E-state index in [0.717, 1.165) is 18.4 Å². The van der Waals surface area contributed by atoms with Crippen molar-refractivity contribution in [3.05, 3.63) is 29.3 Å². The maximum atomic E-state index is 11.4. The average Bonchev–Trinajstić information content (AvgIpc) is 2.57. The number of Topliss-reactive ketones (excluding diaryl/α,β-unsaturated/α-hetero) is 1. The van der Waals surface area contributed by atoms with Crippen LogP contribution < -0.4 is 4.74 Å². The summed E-state index contributed by atoms with van der Waals surface area (Å²) in [4.78, 5) is 11.4. The van der Waals surface area contributed by atoms with Gasteiger partial charge in [0.1, 0.15) is 5.75 Å². The van der Waals surface area contributed by atoms with E-state index in [9.17, 15) is 4.79 Å². The van der Waals surface area contributed by atoms with E-state index in [-0.39, 0.29) is 5.78 Å². The second kappa shape index (κ2) is 3.49. The molecule has 1 aromatic rings. The van der Waals surface area contributed by atoms with Crippen molar-refractivity contribution in [1.82, 2.24) is 0 Å². The molecule has 0 unspecified atom stereocenters. The molecule has 0 spiro atoms. The fourth-order valence-electron chi connectivity index (χ4n) is 1.57. The third-order valence-corrected chi connectivity index (χ3v) is 2.24. The Hall–Kier alpha value is -1.84. The number of ether oxygens (including phenoxy) is 1. The van der Waals surface area contributed by atoms with E-state index in [0.29, 0.717) is 17.7 Å². The van der Waals surface area contributed by atoms with Crippen molar-refractivity contribution in [2.24, 2.45) is 5.16 Å². The Morgan fingerprint density at radius 2 is 2.29 bits per heavy atom. The minimum absolute atomic E-state index is 0.145. The molecule has 4 heteroatoms. The van der Waals surface area contributed by atoms with Crippen LogP contribution in [-0.4, -0.2) is 17.4 Å². The standard InChI is InChI=1S/C10H9NO3/c12-10-4-2-7-1-3-8(5-9(7)10)14-6-11-13/h1,3,5-6,13H,2,4H2/b11-6+. The molecule has 0 fully saturated rings. The molecule has 0 saturated heterocycles. The number of hydrogen-bond donors (Lipinski definition) is 1. The zero-order valence-electron chi connectivity index (χ0n) is 7.43. The van der Waals surface area contributed by atoms with Crippen LogP contribution >= 0.6 is 0 Å². The van der Waals surface area contributed by atoms with Gasteiger partial charge in [-0.05, 0) is 24.1 Å². The molecule has 1 aliphatic carbocycles. The monoisotopic (exact) mass is 191 g/mol. The van der Waals surface area contributed by atoms with Crippen LogP contribution in [-0.2, 0) is 6.42 Å². The predicted octanol–water partition coefficient (Wildman–Crippen LogP) is 1.61. The van der Waals surface area contributed by atoms with E-state index in [1.54, 1.807) is 12.1 Å². The maximum Gasteiger partial charge on any atom is 0.218 e. The Kier molecular flexibility index (Phi) is 2.18. The lowest BCUT2D eigenvalue weighted by Crippen LogP contribution is -1.94. The third kappa shape index (κ3) is 1.46. The summed E-state index contributed by atoms with van der Waals surface area (Å²) in [5, 5.41) is 10.9. The van der Waals surface area contributed by atoms with Gasteiger partial charge >= 0.3 is 0 Å². The van der Waals surface area contributed by atoms with Crippen LogP contribution in [0.5, 0.6) is 5.75 Å². The third-order valence-electron chi connectivity index (χ3n) is 2.24. The molecule has 0 radical (unpaired) electrons. The zero-order chi connectivity index (χ0) is 9.97. The molecule has 0 saturated carbocycles. The molecule has 0 heterocycles. The highest BCUT2D eigenvalue weighted by atomic mass is 16.5. The first-order valence-electron chi connectivity index (χ1n) is 4.30. The Labute approximate surface area is 80.8 Å². The molecule has 14 heavy (non-hydrogen) atoms. The minimum Gasteiger partial charge on any atom is -0.442 e. The molecule has 0 amide bonds. The Morgan fingerprint density at radius 1 is 1.43 bits per heavy atom. The maximum absolute atomic E-state index is 11.4. The van der Waals surface area contributed by atoms with E-state index >= 15 is 0 Å². The quantitative estimate of drug-likeness (QED) is 0.334. The number of aryl methyl sites for hydroxylation is 1. The van der Waals surface area contributed by atoms with Crippen LogP contribution in [0.25, 0.3) is 0 Å². The van der Waals surface area contributed by atoms with Gasteiger partial charge in [-0.3, -0.25) is 4.79 Å². The van der Waals surface area contributed by atoms with Gasteiger partial charge in [-0.2, -0.15) is 0 Å². The number of carbonyl (C=O) groups excluding carboxylic acids is 1. The van der Waals surface area contributed by atoms with Crippen LogP contribution in [0, 0.1) is 0 Å². The second-order valence-corrected chi connectivity index (χ2v) is 3.08. The van der Waals surface area contributed by atoms with Crippen molar-refractivity contribution in [2.75, 3.05) is 0 Å². The molecular formula is C10H9NO3. The lowest BCUT2D eigenvalue weighted by atomic mass is 10.1. The number of carbonyl (C=O) groups is 1. The van der Waals surface area contributed by atoms with E-state index in [1.165, 1.54) is 0 Å². The number of rotatable bonds is 2. The number of oxime groups is 1. The van der Waals surface area contributed by atoms with E-state index in [1.807, 2.05) is 6.07 Å². The van der Waals surface area contributed by atoms with E-state index in [2.05, 4.69) is 5.16 Å². The fourth-order valence-corrected chi connectivity index (χ4v) is 1.57. The highest BCUT2D eigenvalue weighted by Gasteiger charge is 2.19. The van der Waals surface area contributed by atoms with Gasteiger partial charge in [-0.15, -0.1) is 0 Å². The molecular weight excluding hydrogens is 182 g/mol. The van der Waals surface area contributed by atoms with Gasteiger partial charge in [-0.1, -0.05) is 11.2 Å². The summed E-state index contributed by atoms with van der Waals surface area (Å²) in [7, 11) is 0. The van der Waals surface area contributed by atoms with Crippen LogP contribution in [0.3, 0.4) is 0 Å². The van der Waals surface area contributed by atoms with E-state index in [4.69, 9.17) is 9.94 Å². The molecule has 72 valence electrons. The van der Waals surface area contributed by atoms with Gasteiger partial charge in [0.05, 0.1) is 0 Å². The normalized spacial score (nSPS) is 14.7. The summed E-state index contributed by atoms with van der Waals surface area (Å²) in [6, 6.07) is 5.28. The van der Waals surface area contributed by atoms with Gasteiger partial charge in [0.15, 0.2) is 5.78 Å². The van der Waals surface area contributed by atoms with Crippen molar-refractivity contribution in [2.45, 2.75) is 12.8 Å². The molecule has 0 atom stereocenters. The minimum atomic E-state index is 0.145. The van der Waals surface area contributed by atoms with Crippen LogP contribution in [0.1, 0.15) is 22.3 Å². The number of nitrogens with zero attached hydrogens (tertiary/aromatic N) is 1. The van der Waals surface area contributed by atoms with Crippen molar-refractivity contribution >= 4 is 12.2 Å². The van der Waals surface area contributed by atoms with Crippen LogP contribution in [0.15, 0.2) is 23.4 Å². The zero-order valence-corrected chi connectivity index (χ0v) is 7.43. The van der Waals surface area contributed by atoms with Crippen molar-refractivity contribution in [1.29, 1.82) is 0 Å². The number of benzene rings is 1. The largest absolute Gasteiger partial charge is 0.442 e. The average molecular weight is 191 g/mol. The molecule has 4 nitrogen and oxygen atoms in total. The smallest absolute Gasteiger partial charge is 0.218 e. The highest BCUT2D eigenvalue weighted by Crippen LogP contribution is 2.25. The predicted molar refractivity (Wildman–Crippen MR) is 50.0 cm³/mol. The first kappa shape index (κ1) is 8.74. The summed E-state index contributed by atoms with van der Waals surface area (Å²) in [5.41, 5.74) is 1.78. The Balaban J connectivity index is 2.30. The Bertz CT molecular complexity index is 398. The van der Waals surface area contributed by atoms with Crippen molar-refractivity contribution < 1.29 is 14.7 Å². The molecule has 0 aliphatic heterocycles. The Morgan fingerprint density at radius 3 is 3.07 bits per heavy atom. The molecule has 0 aromatic heterocycles. The molecule has 1 aromatic carbocycles.